The number of nitrogens with zero attached hydrogens (tertiary/aromatic N) is 1. The van der Waals surface area contributed by atoms with Gasteiger partial charge >= 0.3 is 0 Å². The minimum atomic E-state index is 0.226. The molecular weight excluding hydrogens is 392 g/mol. The molecule has 0 aromatic heterocycles. The molecule has 0 aromatic rings. The molecule has 0 aromatic carbocycles. The average Bonchev–Trinajstić information content (AvgIpc) is 3.52. The Bertz CT molecular complexity index is 834. The molecule has 6 aliphatic rings. The Labute approximate surface area is 195 Å². The minimum Gasteiger partial charge on any atom is -0.314 e. The van der Waals surface area contributed by atoms with Gasteiger partial charge < -0.3 is 5.32 Å². The van der Waals surface area contributed by atoms with Crippen LogP contribution in [0.4, 0.5) is 0 Å². The third kappa shape index (κ3) is 3.17. The molecule has 7 atom stereocenters. The van der Waals surface area contributed by atoms with Crippen LogP contribution in [0.15, 0.2) is 23.8 Å². The third-order valence-electron chi connectivity index (χ3n) is 11.2. The fraction of sp³-hybridized carbons (Fsp3) is 0.828. The molecule has 4 saturated carbocycles. The molecule has 0 amide bonds. The largest absolute Gasteiger partial charge is 0.314 e. The first-order chi connectivity index (χ1) is 15.4. The van der Waals surface area contributed by atoms with Crippen molar-refractivity contribution in [1.82, 2.24) is 10.2 Å². The molecule has 1 aliphatic heterocycles. The van der Waals surface area contributed by atoms with Crippen LogP contribution in [-0.2, 0) is 4.79 Å². The molecule has 176 valence electrons. The molecule has 3 nitrogen and oxygen atoms in total. The van der Waals surface area contributed by atoms with Crippen molar-refractivity contribution in [2.45, 2.75) is 72.1 Å². The van der Waals surface area contributed by atoms with Crippen molar-refractivity contribution < 1.29 is 4.79 Å². The number of carbonyl (C=O) groups is 1. The SMILES string of the molecule is CC1C=CC2(C)C(=C1)CCC1C2C2(CC2)CC2(C)C(C(=O)CN3CCNCC3)CCCC12. The number of Topliss-reactive ketones (excluding diaryl/α,β-unsaturated/α-hetero) is 1. The second-order valence-electron chi connectivity index (χ2n) is 13.0. The molecule has 5 fully saturated rings. The number of ketones is 1. The van der Waals surface area contributed by atoms with Crippen LogP contribution in [0.1, 0.15) is 72.1 Å². The minimum absolute atomic E-state index is 0.226. The Kier molecular flexibility index (Phi) is 5.08. The zero-order chi connectivity index (χ0) is 22.1. The lowest BCUT2D eigenvalue weighted by Gasteiger charge is -2.64. The first-order valence-electron chi connectivity index (χ1n) is 13.7. The van der Waals surface area contributed by atoms with Crippen molar-refractivity contribution in [2.75, 3.05) is 32.7 Å². The van der Waals surface area contributed by atoms with Crippen molar-refractivity contribution in [2.24, 2.45) is 45.8 Å². The lowest BCUT2D eigenvalue weighted by atomic mass is 9.40. The summed E-state index contributed by atoms with van der Waals surface area (Å²) >= 11 is 0. The maximum atomic E-state index is 13.8. The second kappa shape index (κ2) is 7.54. The van der Waals surface area contributed by atoms with E-state index in [1.165, 1.54) is 44.9 Å². The van der Waals surface area contributed by atoms with Crippen LogP contribution < -0.4 is 5.32 Å². The van der Waals surface area contributed by atoms with E-state index in [2.05, 4.69) is 49.2 Å². The number of carbonyl (C=O) groups excluding carboxylic acids is 1. The van der Waals surface area contributed by atoms with Gasteiger partial charge in [0.1, 0.15) is 5.78 Å². The monoisotopic (exact) mass is 436 g/mol. The number of piperazine rings is 1. The Morgan fingerprint density at radius 1 is 1.16 bits per heavy atom. The lowest BCUT2D eigenvalue weighted by molar-refractivity contribution is -0.153. The molecule has 5 aliphatic carbocycles. The Balaban J connectivity index is 1.31. The molecular formula is C29H44N2O. The molecule has 6 rings (SSSR count). The zero-order valence-corrected chi connectivity index (χ0v) is 20.7. The normalized spacial score (nSPS) is 47.2. The van der Waals surface area contributed by atoms with Crippen molar-refractivity contribution in [3.63, 3.8) is 0 Å². The van der Waals surface area contributed by atoms with E-state index in [1.807, 2.05) is 0 Å². The van der Waals surface area contributed by atoms with Crippen LogP contribution in [0.25, 0.3) is 0 Å². The molecule has 1 saturated heterocycles. The molecule has 0 bridgehead atoms. The summed E-state index contributed by atoms with van der Waals surface area (Å²) in [5.74, 6) is 3.82. The quantitative estimate of drug-likeness (QED) is 0.615. The van der Waals surface area contributed by atoms with Gasteiger partial charge in [0, 0.05) is 37.5 Å². The summed E-state index contributed by atoms with van der Waals surface area (Å²) in [5.41, 5.74) is 2.74. The highest BCUT2D eigenvalue weighted by Crippen LogP contribution is 2.76. The Morgan fingerprint density at radius 2 is 1.94 bits per heavy atom. The number of rotatable bonds is 3. The highest BCUT2D eigenvalue weighted by molar-refractivity contribution is 5.84. The van der Waals surface area contributed by atoms with Gasteiger partial charge in [0.05, 0.1) is 6.54 Å². The molecule has 1 spiro atoms. The van der Waals surface area contributed by atoms with Crippen LogP contribution in [0.5, 0.6) is 0 Å². The van der Waals surface area contributed by atoms with Gasteiger partial charge in [0.25, 0.3) is 0 Å². The zero-order valence-electron chi connectivity index (χ0n) is 20.7. The van der Waals surface area contributed by atoms with Crippen molar-refractivity contribution in [3.05, 3.63) is 23.8 Å². The second-order valence-corrected chi connectivity index (χ2v) is 13.0. The van der Waals surface area contributed by atoms with Crippen LogP contribution in [0.3, 0.4) is 0 Å². The first-order valence-corrected chi connectivity index (χ1v) is 13.7. The van der Waals surface area contributed by atoms with E-state index in [9.17, 15) is 4.79 Å². The van der Waals surface area contributed by atoms with Crippen molar-refractivity contribution in [3.8, 4) is 0 Å². The van der Waals surface area contributed by atoms with Gasteiger partial charge in [-0.15, -0.1) is 0 Å². The number of fused-ring (bicyclic) bond motifs is 6. The van der Waals surface area contributed by atoms with Crippen molar-refractivity contribution in [1.29, 1.82) is 0 Å². The Morgan fingerprint density at radius 3 is 2.69 bits per heavy atom. The van der Waals surface area contributed by atoms with E-state index in [-0.39, 0.29) is 10.8 Å². The van der Waals surface area contributed by atoms with Gasteiger partial charge in [0.15, 0.2) is 0 Å². The summed E-state index contributed by atoms with van der Waals surface area (Å²) in [6, 6.07) is 0. The molecule has 7 unspecified atom stereocenters. The summed E-state index contributed by atoms with van der Waals surface area (Å²) in [7, 11) is 0. The first kappa shape index (κ1) is 21.6. The fourth-order valence-electron chi connectivity index (χ4n) is 9.79. The van der Waals surface area contributed by atoms with Gasteiger partial charge in [-0.3, -0.25) is 9.69 Å². The average molecular weight is 437 g/mol. The summed E-state index contributed by atoms with van der Waals surface area (Å²) in [4.78, 5) is 16.2. The number of hydrogen-bond donors (Lipinski definition) is 1. The molecule has 1 N–H and O–H groups in total. The summed E-state index contributed by atoms with van der Waals surface area (Å²) in [5, 5.41) is 3.44. The number of allylic oxidation sites excluding steroid dienone is 4. The van der Waals surface area contributed by atoms with Crippen LogP contribution >= 0.6 is 0 Å². The van der Waals surface area contributed by atoms with E-state index in [1.54, 1.807) is 5.57 Å². The summed E-state index contributed by atoms with van der Waals surface area (Å²) in [6.45, 7) is 12.3. The van der Waals surface area contributed by atoms with Crippen molar-refractivity contribution >= 4 is 5.78 Å². The predicted molar refractivity (Wildman–Crippen MR) is 130 cm³/mol. The van der Waals surface area contributed by atoms with Crippen LogP contribution in [0, 0.1) is 45.8 Å². The number of hydrogen-bond acceptors (Lipinski definition) is 3. The predicted octanol–water partition coefficient (Wildman–Crippen LogP) is 5.23. The lowest BCUT2D eigenvalue weighted by Crippen LogP contribution is -2.59. The maximum absolute atomic E-state index is 13.8. The van der Waals surface area contributed by atoms with E-state index in [0.29, 0.717) is 29.6 Å². The van der Waals surface area contributed by atoms with E-state index in [4.69, 9.17) is 0 Å². The van der Waals surface area contributed by atoms with Gasteiger partial charge in [-0.05, 0) is 79.4 Å². The summed E-state index contributed by atoms with van der Waals surface area (Å²) in [6.07, 6.45) is 18.3. The van der Waals surface area contributed by atoms with E-state index < -0.39 is 0 Å². The van der Waals surface area contributed by atoms with Crippen LogP contribution in [-0.4, -0.2) is 43.4 Å². The van der Waals surface area contributed by atoms with E-state index in [0.717, 1.165) is 50.4 Å². The molecule has 0 radical (unpaired) electrons. The number of nitrogens with one attached hydrogen (secondary N) is 1. The highest BCUT2D eigenvalue weighted by atomic mass is 16.1. The molecule has 3 heteroatoms. The Hall–Kier alpha value is -0.930. The summed E-state index contributed by atoms with van der Waals surface area (Å²) < 4.78 is 0. The standard InChI is InChI=1S/C29H44N2O/c1-20-9-10-27(2)21(17-20)7-8-22-23-5-4-6-24(25(32)18-31-15-13-30-14-16-31)28(23,3)19-29(11-12-29)26(22)27/h9-10,17,20,22-24,26,30H,4-8,11-16,18-19H2,1-3H3. The topological polar surface area (TPSA) is 32.3 Å². The van der Waals surface area contributed by atoms with Crippen LogP contribution in [0.2, 0.25) is 0 Å². The van der Waals surface area contributed by atoms with Gasteiger partial charge in [-0.25, -0.2) is 0 Å². The molecule has 1 heterocycles. The smallest absolute Gasteiger partial charge is 0.150 e. The third-order valence-corrected chi connectivity index (χ3v) is 11.2. The van der Waals surface area contributed by atoms with Gasteiger partial charge in [-0.2, -0.15) is 0 Å². The van der Waals surface area contributed by atoms with Gasteiger partial charge in [-0.1, -0.05) is 51.0 Å². The highest BCUT2D eigenvalue weighted by Gasteiger charge is 2.69. The molecule has 32 heavy (non-hydrogen) atoms. The fourth-order valence-corrected chi connectivity index (χ4v) is 9.79. The van der Waals surface area contributed by atoms with Gasteiger partial charge in [0.2, 0.25) is 0 Å². The maximum Gasteiger partial charge on any atom is 0.150 e. The van der Waals surface area contributed by atoms with E-state index >= 15 is 0 Å².